The quantitative estimate of drug-likeness (QED) is 0.649. The molecular formula is C17H21N7O. The van der Waals surface area contributed by atoms with E-state index >= 15 is 0 Å². The third kappa shape index (κ3) is 3.37. The predicted molar refractivity (Wildman–Crippen MR) is 97.4 cm³/mol. The first-order valence-corrected chi connectivity index (χ1v) is 8.05. The first kappa shape index (κ1) is 16.7. The standard InChI is InChI=1S/C17H21N7O/c1-4-10-11-7-5-6-8-12(11)20-14(10)15(25)19-9-13-21-16(18)23-17(22-13)24(2)3/h5-8,20H,4,9H2,1-3H3,(H,19,25)(H2,18,21,22,23). The maximum absolute atomic E-state index is 12.6. The van der Waals surface area contributed by atoms with Crippen molar-refractivity contribution in [2.75, 3.05) is 24.7 Å². The Morgan fingerprint density at radius 1 is 1.24 bits per heavy atom. The van der Waals surface area contributed by atoms with Gasteiger partial charge in [-0.2, -0.15) is 15.0 Å². The number of benzene rings is 1. The van der Waals surface area contributed by atoms with Crippen LogP contribution in [0.2, 0.25) is 0 Å². The SMILES string of the molecule is CCc1c(C(=O)NCc2nc(N)nc(N(C)C)n2)[nH]c2ccccc12. The molecule has 0 fully saturated rings. The van der Waals surface area contributed by atoms with Crippen molar-refractivity contribution in [2.45, 2.75) is 19.9 Å². The highest BCUT2D eigenvalue weighted by molar-refractivity contribution is 6.01. The van der Waals surface area contributed by atoms with Crippen molar-refractivity contribution in [3.63, 3.8) is 0 Å². The number of amides is 1. The Hall–Kier alpha value is -3.16. The molecule has 0 unspecified atom stereocenters. The van der Waals surface area contributed by atoms with Crippen LogP contribution in [0.25, 0.3) is 10.9 Å². The van der Waals surface area contributed by atoms with Gasteiger partial charge in [-0.1, -0.05) is 25.1 Å². The normalized spacial score (nSPS) is 10.8. The average molecular weight is 339 g/mol. The highest BCUT2D eigenvalue weighted by atomic mass is 16.1. The molecule has 2 heterocycles. The van der Waals surface area contributed by atoms with Gasteiger partial charge in [-0.05, 0) is 18.1 Å². The Labute approximate surface area is 145 Å². The molecule has 3 aromatic rings. The van der Waals surface area contributed by atoms with E-state index in [0.29, 0.717) is 17.5 Å². The van der Waals surface area contributed by atoms with Gasteiger partial charge in [-0.15, -0.1) is 0 Å². The lowest BCUT2D eigenvalue weighted by molar-refractivity contribution is 0.0944. The van der Waals surface area contributed by atoms with Crippen LogP contribution in [0, 0.1) is 0 Å². The number of aromatic amines is 1. The van der Waals surface area contributed by atoms with Crippen molar-refractivity contribution in [1.82, 2.24) is 25.3 Å². The molecule has 0 atom stereocenters. The van der Waals surface area contributed by atoms with E-state index in [9.17, 15) is 4.79 Å². The zero-order valence-electron chi connectivity index (χ0n) is 14.5. The monoisotopic (exact) mass is 339 g/mol. The van der Waals surface area contributed by atoms with Crippen LogP contribution in [0.1, 0.15) is 28.8 Å². The number of hydrogen-bond donors (Lipinski definition) is 3. The van der Waals surface area contributed by atoms with Crippen LogP contribution in [0.5, 0.6) is 0 Å². The summed E-state index contributed by atoms with van der Waals surface area (Å²) < 4.78 is 0. The zero-order valence-corrected chi connectivity index (χ0v) is 14.5. The summed E-state index contributed by atoms with van der Waals surface area (Å²) in [6, 6.07) is 7.88. The van der Waals surface area contributed by atoms with Gasteiger partial charge < -0.3 is 20.9 Å². The fourth-order valence-corrected chi connectivity index (χ4v) is 2.71. The van der Waals surface area contributed by atoms with Gasteiger partial charge in [0.15, 0.2) is 5.82 Å². The summed E-state index contributed by atoms with van der Waals surface area (Å²) in [7, 11) is 3.63. The van der Waals surface area contributed by atoms with E-state index in [0.717, 1.165) is 22.9 Å². The van der Waals surface area contributed by atoms with E-state index in [-0.39, 0.29) is 18.4 Å². The number of para-hydroxylation sites is 1. The number of aromatic nitrogens is 4. The topological polar surface area (TPSA) is 113 Å². The summed E-state index contributed by atoms with van der Waals surface area (Å²) in [6.45, 7) is 2.20. The summed E-state index contributed by atoms with van der Waals surface area (Å²) >= 11 is 0. The maximum Gasteiger partial charge on any atom is 0.268 e. The van der Waals surface area contributed by atoms with Crippen LogP contribution in [-0.4, -0.2) is 39.9 Å². The summed E-state index contributed by atoms with van der Waals surface area (Å²) in [6.07, 6.45) is 0.760. The van der Waals surface area contributed by atoms with Crippen molar-refractivity contribution in [3.8, 4) is 0 Å². The molecule has 0 saturated carbocycles. The molecule has 25 heavy (non-hydrogen) atoms. The number of carbonyl (C=O) groups excluding carboxylic acids is 1. The van der Waals surface area contributed by atoms with Crippen molar-refractivity contribution in [3.05, 3.63) is 41.3 Å². The Bertz CT molecular complexity index is 917. The largest absolute Gasteiger partial charge is 0.368 e. The van der Waals surface area contributed by atoms with E-state index in [2.05, 4.69) is 25.3 Å². The Kier molecular flexibility index (Phi) is 4.51. The first-order valence-electron chi connectivity index (χ1n) is 8.05. The number of aryl methyl sites for hydroxylation is 1. The minimum atomic E-state index is -0.196. The number of nitrogens with one attached hydrogen (secondary N) is 2. The molecule has 0 aliphatic carbocycles. The van der Waals surface area contributed by atoms with Gasteiger partial charge in [0.1, 0.15) is 5.69 Å². The zero-order chi connectivity index (χ0) is 18.0. The van der Waals surface area contributed by atoms with E-state index in [4.69, 9.17) is 5.73 Å². The Morgan fingerprint density at radius 2 is 2.00 bits per heavy atom. The van der Waals surface area contributed by atoms with Gasteiger partial charge in [-0.25, -0.2) is 0 Å². The molecule has 2 aromatic heterocycles. The predicted octanol–water partition coefficient (Wildman–Crippen LogP) is 1.49. The third-order valence-electron chi connectivity index (χ3n) is 3.89. The number of H-pyrrole nitrogens is 1. The lowest BCUT2D eigenvalue weighted by atomic mass is 10.1. The number of rotatable bonds is 5. The first-order chi connectivity index (χ1) is 12.0. The van der Waals surface area contributed by atoms with Crippen LogP contribution in [-0.2, 0) is 13.0 Å². The van der Waals surface area contributed by atoms with Crippen molar-refractivity contribution in [1.29, 1.82) is 0 Å². The molecule has 0 spiro atoms. The summed E-state index contributed by atoms with van der Waals surface area (Å²) in [5.41, 5.74) is 8.22. The van der Waals surface area contributed by atoms with Gasteiger partial charge >= 0.3 is 0 Å². The van der Waals surface area contributed by atoms with Gasteiger partial charge in [-0.3, -0.25) is 4.79 Å². The molecule has 0 saturated heterocycles. The number of nitrogen functional groups attached to an aromatic ring is 1. The van der Waals surface area contributed by atoms with Crippen molar-refractivity contribution < 1.29 is 4.79 Å². The summed E-state index contributed by atoms with van der Waals surface area (Å²) in [5.74, 6) is 0.802. The highest BCUT2D eigenvalue weighted by Crippen LogP contribution is 2.22. The molecule has 8 nitrogen and oxygen atoms in total. The fraction of sp³-hybridized carbons (Fsp3) is 0.294. The number of nitrogens with two attached hydrogens (primary N) is 1. The van der Waals surface area contributed by atoms with E-state index in [1.54, 1.807) is 4.90 Å². The summed E-state index contributed by atoms with van der Waals surface area (Å²) in [4.78, 5) is 29.9. The lowest BCUT2D eigenvalue weighted by Gasteiger charge is -2.11. The molecular weight excluding hydrogens is 318 g/mol. The molecule has 3 rings (SSSR count). The van der Waals surface area contributed by atoms with E-state index < -0.39 is 0 Å². The second-order valence-electron chi connectivity index (χ2n) is 5.86. The number of carbonyl (C=O) groups is 1. The molecule has 1 amide bonds. The molecule has 4 N–H and O–H groups in total. The fourth-order valence-electron chi connectivity index (χ4n) is 2.71. The van der Waals surface area contributed by atoms with Crippen LogP contribution < -0.4 is 16.0 Å². The minimum absolute atomic E-state index is 0.128. The third-order valence-corrected chi connectivity index (χ3v) is 3.89. The van der Waals surface area contributed by atoms with Crippen LogP contribution in [0.15, 0.2) is 24.3 Å². The minimum Gasteiger partial charge on any atom is -0.368 e. The van der Waals surface area contributed by atoms with E-state index in [1.165, 1.54) is 0 Å². The van der Waals surface area contributed by atoms with Gasteiger partial charge in [0.25, 0.3) is 5.91 Å². The summed E-state index contributed by atoms with van der Waals surface area (Å²) in [5, 5.41) is 3.91. The maximum atomic E-state index is 12.6. The Morgan fingerprint density at radius 3 is 2.72 bits per heavy atom. The second-order valence-corrected chi connectivity index (χ2v) is 5.86. The Balaban J connectivity index is 1.82. The van der Waals surface area contributed by atoms with Gasteiger partial charge in [0.05, 0.1) is 6.54 Å². The molecule has 0 aliphatic rings. The number of hydrogen-bond acceptors (Lipinski definition) is 6. The van der Waals surface area contributed by atoms with Gasteiger partial charge in [0, 0.05) is 25.0 Å². The van der Waals surface area contributed by atoms with Gasteiger partial charge in [0.2, 0.25) is 11.9 Å². The van der Waals surface area contributed by atoms with Crippen molar-refractivity contribution in [2.24, 2.45) is 0 Å². The van der Waals surface area contributed by atoms with Crippen LogP contribution >= 0.6 is 0 Å². The number of anilines is 2. The van der Waals surface area contributed by atoms with Crippen LogP contribution in [0.4, 0.5) is 11.9 Å². The second kappa shape index (κ2) is 6.76. The highest BCUT2D eigenvalue weighted by Gasteiger charge is 2.16. The van der Waals surface area contributed by atoms with Crippen LogP contribution in [0.3, 0.4) is 0 Å². The number of fused-ring (bicyclic) bond motifs is 1. The lowest BCUT2D eigenvalue weighted by Crippen LogP contribution is -2.26. The van der Waals surface area contributed by atoms with Crippen molar-refractivity contribution >= 4 is 28.7 Å². The van der Waals surface area contributed by atoms with E-state index in [1.807, 2.05) is 45.3 Å². The molecule has 0 aliphatic heterocycles. The molecule has 0 bridgehead atoms. The molecule has 1 aromatic carbocycles. The average Bonchev–Trinajstić information content (AvgIpc) is 2.97. The molecule has 130 valence electrons. The molecule has 0 radical (unpaired) electrons. The number of nitrogens with zero attached hydrogens (tertiary/aromatic N) is 4. The molecule has 8 heteroatoms. The smallest absolute Gasteiger partial charge is 0.268 e.